The lowest BCUT2D eigenvalue weighted by Gasteiger charge is -2.34. The highest BCUT2D eigenvalue weighted by Gasteiger charge is 2.25. The number of anilines is 1. The van der Waals surface area contributed by atoms with Crippen molar-refractivity contribution < 1.29 is 23.8 Å². The van der Waals surface area contributed by atoms with E-state index in [4.69, 9.17) is 14.2 Å². The summed E-state index contributed by atoms with van der Waals surface area (Å²) < 4.78 is 17.4. The number of piperazine rings is 1. The highest BCUT2D eigenvalue weighted by molar-refractivity contribution is 5.83. The maximum absolute atomic E-state index is 13.5. The van der Waals surface area contributed by atoms with Crippen LogP contribution in [0, 0.1) is 0 Å². The minimum absolute atomic E-state index is 0.0576. The molecule has 13 nitrogen and oxygen atoms in total. The minimum Gasteiger partial charge on any atom is -0.481 e. The van der Waals surface area contributed by atoms with Gasteiger partial charge in [0.25, 0.3) is 5.56 Å². The van der Waals surface area contributed by atoms with E-state index in [1.165, 1.54) is 0 Å². The van der Waals surface area contributed by atoms with Crippen molar-refractivity contribution in [2.75, 3.05) is 65.0 Å². The second kappa shape index (κ2) is 13.7. The molecule has 214 valence electrons. The number of amides is 2. The molecular formula is C27H35N7O6. The molecule has 40 heavy (non-hydrogen) atoms. The summed E-state index contributed by atoms with van der Waals surface area (Å²) in [7, 11) is 1.55. The van der Waals surface area contributed by atoms with Gasteiger partial charge in [0.1, 0.15) is 5.52 Å². The molecule has 0 saturated carbocycles. The SMILES string of the molecule is CCCOCCn1c(=O)c(NCC(=O)N2CCN(C(=O)OCC)CC2)nc2cnc(-c3ccc(OC)nc3)cc21. The third-order valence-electron chi connectivity index (χ3n) is 6.45. The first-order valence-electron chi connectivity index (χ1n) is 13.4. The normalized spacial score (nSPS) is 13.4. The number of rotatable bonds is 11. The molecule has 3 aromatic rings. The Morgan fingerprint density at radius 3 is 2.48 bits per heavy atom. The van der Waals surface area contributed by atoms with E-state index >= 15 is 0 Å². The number of pyridine rings is 2. The molecule has 0 aromatic carbocycles. The van der Waals surface area contributed by atoms with Crippen LogP contribution >= 0.6 is 0 Å². The van der Waals surface area contributed by atoms with Gasteiger partial charge in [0, 0.05) is 57.2 Å². The summed E-state index contributed by atoms with van der Waals surface area (Å²) in [4.78, 5) is 54.8. The van der Waals surface area contributed by atoms with Gasteiger partial charge in [-0.1, -0.05) is 6.92 Å². The molecule has 0 bridgehead atoms. The maximum Gasteiger partial charge on any atom is 0.409 e. The van der Waals surface area contributed by atoms with Crippen LogP contribution in [0.1, 0.15) is 20.3 Å². The number of carbonyl (C=O) groups excluding carboxylic acids is 2. The lowest BCUT2D eigenvalue weighted by Crippen LogP contribution is -2.52. The predicted molar refractivity (Wildman–Crippen MR) is 148 cm³/mol. The molecule has 2 amide bonds. The molecule has 0 radical (unpaired) electrons. The van der Waals surface area contributed by atoms with Crippen LogP contribution in [0.15, 0.2) is 35.4 Å². The maximum atomic E-state index is 13.5. The lowest BCUT2D eigenvalue weighted by molar-refractivity contribution is -0.130. The number of ether oxygens (including phenoxy) is 3. The number of hydrogen-bond acceptors (Lipinski definition) is 10. The summed E-state index contributed by atoms with van der Waals surface area (Å²) in [6.45, 7) is 6.76. The first kappa shape index (κ1) is 28.7. The van der Waals surface area contributed by atoms with Gasteiger partial charge in [-0.3, -0.25) is 14.6 Å². The lowest BCUT2D eigenvalue weighted by atomic mass is 10.2. The standard InChI is InChI=1S/C27H35N7O6/c1-4-13-39-14-12-34-22-15-20(19-6-7-23(38-3)29-16-19)28-17-21(22)31-25(26(34)36)30-18-24(35)32-8-10-33(11-9-32)27(37)40-5-2/h6-7,15-17H,4-5,8-14,18H2,1-3H3,(H,30,31). The molecule has 0 aliphatic carbocycles. The Hall–Kier alpha value is -4.26. The second-order valence-electron chi connectivity index (χ2n) is 9.10. The number of nitrogens with zero attached hydrogens (tertiary/aromatic N) is 6. The number of aromatic nitrogens is 4. The van der Waals surface area contributed by atoms with Gasteiger partial charge >= 0.3 is 6.09 Å². The van der Waals surface area contributed by atoms with E-state index < -0.39 is 0 Å². The predicted octanol–water partition coefficient (Wildman–Crippen LogP) is 2.00. The molecule has 0 spiro atoms. The number of carbonyl (C=O) groups is 2. The van der Waals surface area contributed by atoms with Crippen LogP contribution < -0.4 is 15.6 Å². The Morgan fingerprint density at radius 2 is 1.80 bits per heavy atom. The van der Waals surface area contributed by atoms with E-state index in [0.717, 1.165) is 12.0 Å². The van der Waals surface area contributed by atoms with E-state index in [1.54, 1.807) is 52.9 Å². The van der Waals surface area contributed by atoms with Crippen LogP contribution in [0.4, 0.5) is 10.6 Å². The fourth-order valence-electron chi connectivity index (χ4n) is 4.32. The van der Waals surface area contributed by atoms with Crippen molar-refractivity contribution in [3.63, 3.8) is 0 Å². The molecular weight excluding hydrogens is 518 g/mol. The topological polar surface area (TPSA) is 141 Å². The molecule has 1 fully saturated rings. The Labute approximate surface area is 232 Å². The van der Waals surface area contributed by atoms with Crippen molar-refractivity contribution in [3.8, 4) is 17.1 Å². The van der Waals surface area contributed by atoms with Crippen LogP contribution in [-0.4, -0.2) is 101 Å². The third-order valence-corrected chi connectivity index (χ3v) is 6.45. The van der Waals surface area contributed by atoms with Crippen molar-refractivity contribution in [1.82, 2.24) is 29.3 Å². The number of nitrogens with one attached hydrogen (secondary N) is 1. The van der Waals surface area contributed by atoms with Gasteiger partial charge in [-0.05, 0) is 25.5 Å². The van der Waals surface area contributed by atoms with E-state index in [0.29, 0.717) is 75.2 Å². The molecule has 0 atom stereocenters. The van der Waals surface area contributed by atoms with Crippen molar-refractivity contribution in [3.05, 3.63) is 40.9 Å². The number of fused-ring (bicyclic) bond motifs is 1. The summed E-state index contributed by atoms with van der Waals surface area (Å²) >= 11 is 0. The number of methoxy groups -OCH3 is 1. The average Bonchev–Trinajstić information content (AvgIpc) is 2.99. The van der Waals surface area contributed by atoms with Gasteiger partial charge in [0.05, 0.1) is 44.3 Å². The first-order chi connectivity index (χ1) is 19.4. The number of hydrogen-bond donors (Lipinski definition) is 1. The molecule has 1 aliphatic rings. The average molecular weight is 554 g/mol. The van der Waals surface area contributed by atoms with Gasteiger partial charge in [0.2, 0.25) is 11.8 Å². The van der Waals surface area contributed by atoms with Gasteiger partial charge in [0.15, 0.2) is 5.82 Å². The molecule has 1 N–H and O–H groups in total. The first-order valence-corrected chi connectivity index (χ1v) is 13.4. The van der Waals surface area contributed by atoms with Gasteiger partial charge in [-0.25, -0.2) is 14.8 Å². The van der Waals surface area contributed by atoms with Crippen molar-refractivity contribution in [2.45, 2.75) is 26.8 Å². The summed E-state index contributed by atoms with van der Waals surface area (Å²) in [5.41, 5.74) is 2.12. The zero-order chi connectivity index (χ0) is 28.5. The van der Waals surface area contributed by atoms with E-state index in [2.05, 4.69) is 20.3 Å². The van der Waals surface area contributed by atoms with Crippen LogP contribution in [0.25, 0.3) is 22.3 Å². The van der Waals surface area contributed by atoms with E-state index in [-0.39, 0.29) is 29.9 Å². The molecule has 4 rings (SSSR count). The molecule has 1 saturated heterocycles. The Kier molecular flexibility index (Phi) is 9.84. The minimum atomic E-state index is -0.378. The van der Waals surface area contributed by atoms with Gasteiger partial charge in [-0.2, -0.15) is 0 Å². The molecule has 3 aromatic heterocycles. The van der Waals surface area contributed by atoms with E-state index in [1.807, 2.05) is 13.0 Å². The highest BCUT2D eigenvalue weighted by atomic mass is 16.6. The molecule has 1 aliphatic heterocycles. The third kappa shape index (κ3) is 6.84. The Morgan fingerprint density at radius 1 is 1.02 bits per heavy atom. The molecule has 13 heteroatoms. The van der Waals surface area contributed by atoms with E-state index in [9.17, 15) is 14.4 Å². The highest BCUT2D eigenvalue weighted by Crippen LogP contribution is 2.22. The van der Waals surface area contributed by atoms with Gasteiger partial charge in [-0.15, -0.1) is 0 Å². The quantitative estimate of drug-likeness (QED) is 0.351. The van der Waals surface area contributed by atoms with Crippen LogP contribution in [-0.2, 0) is 20.8 Å². The summed E-state index contributed by atoms with van der Waals surface area (Å²) in [6, 6.07) is 5.38. The largest absolute Gasteiger partial charge is 0.481 e. The van der Waals surface area contributed by atoms with Crippen molar-refractivity contribution in [2.24, 2.45) is 0 Å². The van der Waals surface area contributed by atoms with Crippen LogP contribution in [0.5, 0.6) is 5.88 Å². The molecule has 4 heterocycles. The summed E-state index contributed by atoms with van der Waals surface area (Å²) in [5.74, 6) is 0.354. The molecule has 0 unspecified atom stereocenters. The fourth-order valence-corrected chi connectivity index (χ4v) is 4.32. The smallest absolute Gasteiger partial charge is 0.409 e. The van der Waals surface area contributed by atoms with Crippen LogP contribution in [0.3, 0.4) is 0 Å². The van der Waals surface area contributed by atoms with Crippen LogP contribution in [0.2, 0.25) is 0 Å². The van der Waals surface area contributed by atoms with Gasteiger partial charge < -0.3 is 33.9 Å². The van der Waals surface area contributed by atoms with Crippen molar-refractivity contribution in [1.29, 1.82) is 0 Å². The fraction of sp³-hybridized carbons (Fsp3) is 0.481. The zero-order valence-corrected chi connectivity index (χ0v) is 23.1. The second-order valence-corrected chi connectivity index (χ2v) is 9.10. The zero-order valence-electron chi connectivity index (χ0n) is 23.1. The summed E-state index contributed by atoms with van der Waals surface area (Å²) in [5, 5.41) is 2.92. The monoisotopic (exact) mass is 553 g/mol. The Bertz CT molecular complexity index is 1370. The summed E-state index contributed by atoms with van der Waals surface area (Å²) in [6.07, 6.45) is 3.74. The Balaban J connectivity index is 1.53. The van der Waals surface area contributed by atoms with Crippen molar-refractivity contribution >= 4 is 28.9 Å².